The van der Waals surface area contributed by atoms with Gasteiger partial charge in [0.2, 0.25) is 0 Å². The summed E-state index contributed by atoms with van der Waals surface area (Å²) >= 11 is 0. The van der Waals surface area contributed by atoms with Crippen LogP contribution in [0.5, 0.6) is 5.75 Å². The van der Waals surface area contributed by atoms with Gasteiger partial charge in [0.15, 0.2) is 11.6 Å². The van der Waals surface area contributed by atoms with E-state index in [2.05, 4.69) is 6.58 Å². The van der Waals surface area contributed by atoms with E-state index in [4.69, 9.17) is 0 Å². The quantitative estimate of drug-likeness (QED) is 0.726. The first-order chi connectivity index (χ1) is 13.7. The number of rotatable bonds is 2. The third kappa shape index (κ3) is 2.30. The summed E-state index contributed by atoms with van der Waals surface area (Å²) in [6, 6.07) is 11.5. The molecule has 0 amide bonds. The molecule has 0 bridgehead atoms. The van der Waals surface area contributed by atoms with Crippen LogP contribution in [-0.2, 0) is 9.59 Å². The van der Waals surface area contributed by atoms with Gasteiger partial charge in [0.25, 0.3) is 0 Å². The molecule has 29 heavy (non-hydrogen) atoms. The third-order valence-electron chi connectivity index (χ3n) is 7.50. The molecule has 0 aliphatic heterocycles. The lowest BCUT2D eigenvalue weighted by atomic mass is 9.45. The molecule has 148 valence electrons. The number of hydrogen-bond acceptors (Lipinski definition) is 3. The predicted octanol–water partition coefficient (Wildman–Crippen LogP) is 5.65. The zero-order valence-electron chi connectivity index (χ0n) is 17.4. The monoisotopic (exact) mass is 386 g/mol. The molecule has 3 heteroatoms. The highest BCUT2D eigenvalue weighted by atomic mass is 16.3. The summed E-state index contributed by atoms with van der Waals surface area (Å²) in [4.78, 5) is 27.1. The van der Waals surface area contributed by atoms with E-state index in [1.54, 1.807) is 19.9 Å². The molecule has 0 saturated carbocycles. The molecule has 2 aliphatic rings. The van der Waals surface area contributed by atoms with Gasteiger partial charge in [-0.2, -0.15) is 0 Å². The van der Waals surface area contributed by atoms with Crippen LogP contribution in [0.1, 0.15) is 45.6 Å². The number of phenols is 1. The highest BCUT2D eigenvalue weighted by Crippen LogP contribution is 2.63. The number of benzene rings is 2. The maximum atomic E-state index is 13.7. The number of carbonyl (C=O) groups is 2. The van der Waals surface area contributed by atoms with Crippen LogP contribution in [0, 0.1) is 10.8 Å². The Labute approximate surface area is 171 Å². The van der Waals surface area contributed by atoms with E-state index < -0.39 is 16.7 Å². The summed E-state index contributed by atoms with van der Waals surface area (Å²) in [5.41, 5.74) is 0.729. The minimum Gasteiger partial charge on any atom is -0.507 e. The average molecular weight is 386 g/mol. The summed E-state index contributed by atoms with van der Waals surface area (Å²) < 4.78 is 0. The van der Waals surface area contributed by atoms with Crippen molar-refractivity contribution in [1.29, 1.82) is 0 Å². The van der Waals surface area contributed by atoms with Crippen molar-refractivity contribution in [2.45, 2.75) is 40.0 Å². The highest BCUT2D eigenvalue weighted by Gasteiger charge is 2.63. The molecule has 2 aromatic carbocycles. The van der Waals surface area contributed by atoms with Crippen molar-refractivity contribution < 1.29 is 14.7 Å². The van der Waals surface area contributed by atoms with Gasteiger partial charge in [-0.05, 0) is 42.4 Å². The van der Waals surface area contributed by atoms with Crippen LogP contribution in [0.2, 0.25) is 0 Å². The van der Waals surface area contributed by atoms with E-state index in [0.29, 0.717) is 23.1 Å². The van der Waals surface area contributed by atoms with Crippen LogP contribution in [0.25, 0.3) is 10.8 Å². The first-order valence-corrected chi connectivity index (χ1v) is 9.98. The van der Waals surface area contributed by atoms with Crippen LogP contribution in [-0.4, -0.2) is 16.7 Å². The molecule has 0 saturated heterocycles. The summed E-state index contributed by atoms with van der Waals surface area (Å²) in [5.74, 6) is -0.304. The molecular formula is C26H26O3. The molecule has 3 atom stereocenters. The molecule has 1 N–H and O–H groups in total. The topological polar surface area (TPSA) is 54.4 Å². The van der Waals surface area contributed by atoms with Gasteiger partial charge in [0.05, 0.1) is 5.41 Å². The number of carbonyl (C=O) groups excluding carboxylic acids is 2. The second-order valence-corrected chi connectivity index (χ2v) is 8.71. The molecule has 0 heterocycles. The summed E-state index contributed by atoms with van der Waals surface area (Å²) in [6.45, 7) is 11.2. The van der Waals surface area contributed by atoms with E-state index in [9.17, 15) is 14.7 Å². The third-order valence-corrected chi connectivity index (χ3v) is 7.50. The Morgan fingerprint density at radius 2 is 1.69 bits per heavy atom. The van der Waals surface area contributed by atoms with Gasteiger partial charge in [-0.15, -0.1) is 0 Å². The fourth-order valence-corrected chi connectivity index (χ4v) is 5.35. The maximum Gasteiger partial charge on any atom is 0.166 e. The Bertz CT molecular complexity index is 1150. The van der Waals surface area contributed by atoms with Crippen LogP contribution in [0.3, 0.4) is 0 Å². The first-order valence-electron chi connectivity index (χ1n) is 9.98. The van der Waals surface area contributed by atoms with Gasteiger partial charge in [-0.3, -0.25) is 9.59 Å². The smallest absolute Gasteiger partial charge is 0.166 e. The van der Waals surface area contributed by atoms with E-state index in [1.165, 1.54) is 0 Å². The first kappa shape index (κ1) is 19.4. The Balaban J connectivity index is 2.06. The lowest BCUT2D eigenvalue weighted by Gasteiger charge is -2.54. The summed E-state index contributed by atoms with van der Waals surface area (Å²) in [6.07, 6.45) is 4.24. The van der Waals surface area contributed by atoms with E-state index in [-0.39, 0.29) is 17.3 Å². The van der Waals surface area contributed by atoms with E-state index in [0.717, 1.165) is 16.3 Å². The van der Waals surface area contributed by atoms with Crippen molar-refractivity contribution in [2.24, 2.45) is 10.8 Å². The van der Waals surface area contributed by atoms with Gasteiger partial charge in [-0.1, -0.05) is 69.0 Å². The van der Waals surface area contributed by atoms with Crippen LogP contribution >= 0.6 is 0 Å². The second kappa shape index (κ2) is 6.28. The van der Waals surface area contributed by atoms with Crippen molar-refractivity contribution in [2.75, 3.05) is 0 Å². The number of Topliss-reactive ketones (excluding diaryl/α,β-unsaturated/α-hetero) is 2. The normalized spacial score (nSPS) is 29.7. The fourth-order valence-electron chi connectivity index (χ4n) is 5.35. The molecule has 0 radical (unpaired) electrons. The number of aromatic hydroxyl groups is 1. The molecule has 0 spiro atoms. The fraction of sp³-hybridized carbons (Fsp3) is 0.308. The Morgan fingerprint density at radius 3 is 2.38 bits per heavy atom. The molecule has 2 aromatic rings. The van der Waals surface area contributed by atoms with Crippen molar-refractivity contribution in [1.82, 2.24) is 0 Å². The zero-order chi connectivity index (χ0) is 21.1. The largest absolute Gasteiger partial charge is 0.507 e. The van der Waals surface area contributed by atoms with E-state index >= 15 is 0 Å². The number of ketones is 2. The Kier molecular flexibility index (Phi) is 4.20. The van der Waals surface area contributed by atoms with Gasteiger partial charge in [-0.25, -0.2) is 0 Å². The number of fused-ring (bicyclic) bond motifs is 2. The zero-order valence-corrected chi connectivity index (χ0v) is 17.4. The van der Waals surface area contributed by atoms with Gasteiger partial charge in [0, 0.05) is 22.3 Å². The van der Waals surface area contributed by atoms with Gasteiger partial charge >= 0.3 is 0 Å². The van der Waals surface area contributed by atoms with Crippen molar-refractivity contribution in [3.63, 3.8) is 0 Å². The van der Waals surface area contributed by atoms with Crippen molar-refractivity contribution >= 4 is 22.3 Å². The summed E-state index contributed by atoms with van der Waals surface area (Å²) in [5, 5.41) is 12.9. The van der Waals surface area contributed by atoms with Crippen molar-refractivity contribution in [3.8, 4) is 5.75 Å². The lowest BCUT2D eigenvalue weighted by Crippen LogP contribution is -2.57. The molecule has 0 fully saturated rings. The number of hydrogen-bond donors (Lipinski definition) is 1. The van der Waals surface area contributed by atoms with E-state index in [1.807, 2.05) is 56.3 Å². The average Bonchev–Trinajstić information content (AvgIpc) is 2.73. The SMILES string of the molecule is C=CC1=CC[C@@]2(C)C(=O)C(C)=C(C)C(=O)[C@@]2(C)[C@H]1c1ccc2ccccc2c1O. The molecule has 0 unspecified atom stereocenters. The Hall–Kier alpha value is -2.94. The highest BCUT2D eigenvalue weighted by molar-refractivity contribution is 6.17. The number of allylic oxidation sites excluding steroid dienone is 5. The molecule has 0 aromatic heterocycles. The molecule has 2 aliphatic carbocycles. The van der Waals surface area contributed by atoms with Crippen LogP contribution < -0.4 is 0 Å². The standard InChI is InChI=1S/C26H26O3/c1-6-17-13-14-25(4)23(28)15(2)16(3)24(29)26(25,5)21(17)20-12-11-18-9-7-8-10-19(18)22(20)27/h6-13,21,27H,1,14H2,2-5H3/t21-,25+,26-/m1/s1. The summed E-state index contributed by atoms with van der Waals surface area (Å²) in [7, 11) is 0. The molecular weight excluding hydrogens is 360 g/mol. The van der Waals surface area contributed by atoms with Gasteiger partial charge in [0.1, 0.15) is 5.75 Å². The van der Waals surface area contributed by atoms with Crippen LogP contribution in [0.4, 0.5) is 0 Å². The predicted molar refractivity (Wildman–Crippen MR) is 116 cm³/mol. The Morgan fingerprint density at radius 1 is 1.03 bits per heavy atom. The minimum absolute atomic E-state index is 0.0155. The maximum absolute atomic E-state index is 13.7. The molecule has 3 nitrogen and oxygen atoms in total. The minimum atomic E-state index is -1.01. The number of phenolic OH excluding ortho intramolecular Hbond substituents is 1. The van der Waals surface area contributed by atoms with Crippen molar-refractivity contribution in [3.05, 3.63) is 77.4 Å². The van der Waals surface area contributed by atoms with Crippen LogP contribution in [0.15, 0.2) is 71.8 Å². The molecule has 4 rings (SSSR count). The van der Waals surface area contributed by atoms with Gasteiger partial charge < -0.3 is 5.11 Å². The second-order valence-electron chi connectivity index (χ2n) is 8.71. The lowest BCUT2D eigenvalue weighted by molar-refractivity contribution is -0.147.